The van der Waals surface area contributed by atoms with Crippen molar-refractivity contribution in [1.82, 2.24) is 5.32 Å². The minimum atomic E-state index is 0.0781. The Labute approximate surface area is 118 Å². The van der Waals surface area contributed by atoms with Gasteiger partial charge in [0.15, 0.2) is 6.79 Å². The van der Waals surface area contributed by atoms with Crippen molar-refractivity contribution in [2.24, 2.45) is 0 Å². The zero-order valence-corrected chi connectivity index (χ0v) is 13.3. The summed E-state index contributed by atoms with van der Waals surface area (Å²) in [5.41, 5.74) is 2.32. The molecule has 4 heteroatoms. The van der Waals surface area contributed by atoms with E-state index < -0.39 is 0 Å². The molecule has 0 aliphatic heterocycles. The molecule has 0 saturated carbocycles. The number of methoxy groups -OCH3 is 1. The number of halogens is 1. The molecule has 0 heterocycles. The van der Waals surface area contributed by atoms with Crippen LogP contribution in [0.2, 0.25) is 0 Å². The summed E-state index contributed by atoms with van der Waals surface area (Å²) in [5.74, 6) is 0.900. The van der Waals surface area contributed by atoms with Gasteiger partial charge in [0.2, 0.25) is 0 Å². The lowest BCUT2D eigenvalue weighted by atomic mass is 10.1. The molecule has 1 aromatic rings. The van der Waals surface area contributed by atoms with Crippen molar-refractivity contribution in [1.29, 1.82) is 0 Å². The lowest BCUT2D eigenvalue weighted by Gasteiger charge is -2.22. The van der Waals surface area contributed by atoms with E-state index in [9.17, 15) is 0 Å². The fourth-order valence-corrected chi connectivity index (χ4v) is 2.24. The molecule has 0 spiro atoms. The van der Waals surface area contributed by atoms with E-state index in [0.29, 0.717) is 0 Å². The summed E-state index contributed by atoms with van der Waals surface area (Å²) in [5, 5.41) is 3.47. The van der Waals surface area contributed by atoms with E-state index in [2.05, 4.69) is 48.1 Å². The predicted octanol–water partition coefficient (Wildman–Crippen LogP) is 3.63. The molecule has 0 fully saturated rings. The zero-order chi connectivity index (χ0) is 13.8. The molecule has 3 nitrogen and oxygen atoms in total. The van der Waals surface area contributed by atoms with Crippen LogP contribution in [-0.4, -0.2) is 19.4 Å². The van der Waals surface area contributed by atoms with E-state index in [4.69, 9.17) is 9.47 Å². The van der Waals surface area contributed by atoms with E-state index in [-0.39, 0.29) is 12.3 Å². The maximum atomic E-state index is 5.65. The minimum Gasteiger partial charge on any atom is -0.467 e. The van der Waals surface area contributed by atoms with Crippen LogP contribution >= 0.6 is 15.9 Å². The molecule has 0 radical (unpaired) electrons. The monoisotopic (exact) mass is 315 g/mol. The summed E-state index contributed by atoms with van der Waals surface area (Å²) < 4.78 is 11.7. The van der Waals surface area contributed by atoms with Gasteiger partial charge < -0.3 is 14.8 Å². The van der Waals surface area contributed by atoms with Crippen molar-refractivity contribution in [2.75, 3.05) is 13.9 Å². The maximum absolute atomic E-state index is 5.65. The smallest absolute Gasteiger partial charge is 0.188 e. The Kier molecular flexibility index (Phi) is 5.63. The highest BCUT2D eigenvalue weighted by Gasteiger charge is 2.13. The van der Waals surface area contributed by atoms with E-state index in [1.165, 1.54) is 0 Å². The predicted molar refractivity (Wildman–Crippen MR) is 78.0 cm³/mol. The van der Waals surface area contributed by atoms with Crippen LogP contribution in [0.25, 0.3) is 0 Å². The van der Waals surface area contributed by atoms with Gasteiger partial charge in [-0.1, -0.05) is 15.9 Å². The highest BCUT2D eigenvalue weighted by Crippen LogP contribution is 2.28. The van der Waals surface area contributed by atoms with Crippen molar-refractivity contribution in [3.8, 4) is 5.75 Å². The molecular weight excluding hydrogens is 294 g/mol. The van der Waals surface area contributed by atoms with Crippen LogP contribution in [0, 0.1) is 6.92 Å². The molecule has 102 valence electrons. The van der Waals surface area contributed by atoms with Crippen LogP contribution in [0.15, 0.2) is 16.6 Å². The number of rotatable bonds is 5. The Morgan fingerprint density at radius 3 is 2.50 bits per heavy atom. The van der Waals surface area contributed by atoms with Gasteiger partial charge in [0.1, 0.15) is 5.75 Å². The second kappa shape index (κ2) is 6.55. The Morgan fingerprint density at radius 1 is 1.28 bits per heavy atom. The van der Waals surface area contributed by atoms with Crippen LogP contribution < -0.4 is 10.1 Å². The quantitative estimate of drug-likeness (QED) is 0.842. The van der Waals surface area contributed by atoms with Gasteiger partial charge in [0.05, 0.1) is 0 Å². The summed E-state index contributed by atoms with van der Waals surface area (Å²) in [4.78, 5) is 0. The van der Waals surface area contributed by atoms with Crippen molar-refractivity contribution in [2.45, 2.75) is 39.8 Å². The Balaban J connectivity index is 2.92. The van der Waals surface area contributed by atoms with Crippen LogP contribution in [0.5, 0.6) is 5.75 Å². The molecular formula is C14H22BrNO2. The summed E-state index contributed by atoms with van der Waals surface area (Å²) in [6.07, 6.45) is 0. The molecule has 0 bridgehead atoms. The molecule has 1 N–H and O–H groups in total. The molecule has 0 aromatic heterocycles. The van der Waals surface area contributed by atoms with Crippen LogP contribution in [0.4, 0.5) is 0 Å². The molecule has 0 aliphatic carbocycles. The van der Waals surface area contributed by atoms with Gasteiger partial charge in [-0.3, -0.25) is 0 Å². The highest BCUT2D eigenvalue weighted by atomic mass is 79.9. The lowest BCUT2D eigenvalue weighted by Crippen LogP contribution is -2.35. The number of aryl methyl sites for hydroxylation is 1. The number of hydrogen-bond donors (Lipinski definition) is 1. The summed E-state index contributed by atoms with van der Waals surface area (Å²) in [6.45, 7) is 9.51. The van der Waals surface area contributed by atoms with Gasteiger partial charge in [0.25, 0.3) is 0 Å². The standard InChI is InChI=1S/C14H22BrNO2/c1-10-6-12(15)7-11(8-16-14(2,3)4)13(10)18-9-17-5/h6-7,16H,8-9H2,1-5H3. The third-order valence-electron chi connectivity index (χ3n) is 2.45. The molecule has 18 heavy (non-hydrogen) atoms. The number of nitrogens with one attached hydrogen (secondary N) is 1. The SMILES string of the molecule is COCOc1c(C)cc(Br)cc1CNC(C)(C)C. The van der Waals surface area contributed by atoms with Crippen molar-refractivity contribution >= 4 is 15.9 Å². The van der Waals surface area contributed by atoms with E-state index in [1.54, 1.807) is 7.11 Å². The normalized spacial score (nSPS) is 11.7. The van der Waals surface area contributed by atoms with Gasteiger partial charge in [0, 0.05) is 29.2 Å². The largest absolute Gasteiger partial charge is 0.467 e. The van der Waals surface area contributed by atoms with E-state index in [0.717, 1.165) is 27.9 Å². The minimum absolute atomic E-state index is 0.0781. The fraction of sp³-hybridized carbons (Fsp3) is 0.571. The van der Waals surface area contributed by atoms with E-state index in [1.807, 2.05) is 13.0 Å². The molecule has 0 atom stereocenters. The fourth-order valence-electron chi connectivity index (χ4n) is 1.62. The lowest BCUT2D eigenvalue weighted by molar-refractivity contribution is 0.0498. The first-order chi connectivity index (χ1) is 8.33. The van der Waals surface area contributed by atoms with Crippen molar-refractivity contribution < 1.29 is 9.47 Å². The van der Waals surface area contributed by atoms with Gasteiger partial charge in [-0.05, 0) is 45.4 Å². The van der Waals surface area contributed by atoms with Crippen LogP contribution in [-0.2, 0) is 11.3 Å². The molecule has 0 saturated heterocycles. The van der Waals surface area contributed by atoms with Gasteiger partial charge in [-0.25, -0.2) is 0 Å². The molecule has 0 amide bonds. The van der Waals surface area contributed by atoms with E-state index >= 15 is 0 Å². The number of benzene rings is 1. The maximum Gasteiger partial charge on any atom is 0.188 e. The summed E-state index contributed by atoms with van der Waals surface area (Å²) in [7, 11) is 1.63. The summed E-state index contributed by atoms with van der Waals surface area (Å²) in [6, 6.07) is 4.13. The first-order valence-corrected chi connectivity index (χ1v) is 6.78. The van der Waals surface area contributed by atoms with Gasteiger partial charge >= 0.3 is 0 Å². The Bertz CT molecular complexity index is 400. The second-order valence-corrected chi connectivity index (χ2v) is 6.28. The number of hydrogen-bond acceptors (Lipinski definition) is 3. The molecule has 1 aromatic carbocycles. The van der Waals surface area contributed by atoms with Crippen molar-refractivity contribution in [3.05, 3.63) is 27.7 Å². The van der Waals surface area contributed by atoms with Gasteiger partial charge in [-0.15, -0.1) is 0 Å². The van der Waals surface area contributed by atoms with Crippen LogP contribution in [0.3, 0.4) is 0 Å². The molecule has 0 aliphatic rings. The van der Waals surface area contributed by atoms with Gasteiger partial charge in [-0.2, -0.15) is 0 Å². The first-order valence-electron chi connectivity index (χ1n) is 5.99. The average Bonchev–Trinajstić information content (AvgIpc) is 2.23. The highest BCUT2D eigenvalue weighted by molar-refractivity contribution is 9.10. The zero-order valence-electron chi connectivity index (χ0n) is 11.8. The van der Waals surface area contributed by atoms with Crippen LogP contribution in [0.1, 0.15) is 31.9 Å². The molecule has 0 unspecified atom stereocenters. The number of ether oxygens (including phenoxy) is 2. The summed E-state index contributed by atoms with van der Waals surface area (Å²) >= 11 is 3.52. The second-order valence-electron chi connectivity index (χ2n) is 5.37. The Morgan fingerprint density at radius 2 is 1.94 bits per heavy atom. The molecule has 1 rings (SSSR count). The topological polar surface area (TPSA) is 30.5 Å². The first kappa shape index (κ1) is 15.5. The average molecular weight is 316 g/mol. The van der Waals surface area contributed by atoms with Crippen molar-refractivity contribution in [3.63, 3.8) is 0 Å². The third kappa shape index (κ3) is 4.96. The Hall–Kier alpha value is -0.580. The third-order valence-corrected chi connectivity index (χ3v) is 2.90.